The summed E-state index contributed by atoms with van der Waals surface area (Å²) in [6, 6.07) is 4.99. The lowest BCUT2D eigenvalue weighted by atomic mass is 9.95. The average molecular weight is 253 g/mol. The largest absolute Gasteiger partial charge is 0.378 e. The molecule has 1 N–H and O–H groups in total. The van der Waals surface area contributed by atoms with Crippen molar-refractivity contribution in [1.29, 1.82) is 0 Å². The van der Waals surface area contributed by atoms with E-state index in [1.807, 2.05) is 11.3 Å². The van der Waals surface area contributed by atoms with Crippen molar-refractivity contribution in [2.75, 3.05) is 13.2 Å². The van der Waals surface area contributed by atoms with Gasteiger partial charge >= 0.3 is 0 Å². The lowest BCUT2D eigenvalue weighted by Gasteiger charge is -2.32. The van der Waals surface area contributed by atoms with Crippen molar-refractivity contribution in [2.45, 2.75) is 45.3 Å². The zero-order valence-electron chi connectivity index (χ0n) is 10.8. The molecule has 1 fully saturated rings. The summed E-state index contributed by atoms with van der Waals surface area (Å²) in [5, 5.41) is 5.82. The quantitative estimate of drug-likeness (QED) is 0.870. The Morgan fingerprint density at radius 3 is 3.12 bits per heavy atom. The van der Waals surface area contributed by atoms with E-state index in [0.29, 0.717) is 18.1 Å². The van der Waals surface area contributed by atoms with E-state index in [1.165, 1.54) is 11.3 Å². The second-order valence-electron chi connectivity index (χ2n) is 5.16. The SMILES string of the molecule is CC(C)C1CC(NCCc2cccs2)CCO1. The third kappa shape index (κ3) is 4.09. The van der Waals surface area contributed by atoms with Crippen LogP contribution < -0.4 is 5.32 Å². The van der Waals surface area contributed by atoms with Gasteiger partial charge < -0.3 is 10.1 Å². The van der Waals surface area contributed by atoms with Crippen LogP contribution in [-0.4, -0.2) is 25.3 Å². The Hall–Kier alpha value is -0.380. The van der Waals surface area contributed by atoms with Gasteiger partial charge in [0.15, 0.2) is 0 Å². The summed E-state index contributed by atoms with van der Waals surface area (Å²) in [7, 11) is 0. The Kier molecular flexibility index (Phi) is 5.01. The van der Waals surface area contributed by atoms with Crippen LogP contribution >= 0.6 is 11.3 Å². The van der Waals surface area contributed by atoms with Gasteiger partial charge in [0.05, 0.1) is 6.10 Å². The van der Waals surface area contributed by atoms with Crippen LogP contribution in [0, 0.1) is 5.92 Å². The predicted octanol–water partition coefficient (Wildman–Crippen LogP) is 3.08. The smallest absolute Gasteiger partial charge is 0.0612 e. The van der Waals surface area contributed by atoms with Gasteiger partial charge in [-0.25, -0.2) is 0 Å². The molecule has 2 rings (SSSR count). The van der Waals surface area contributed by atoms with E-state index in [1.54, 1.807) is 0 Å². The van der Waals surface area contributed by atoms with Crippen molar-refractivity contribution in [1.82, 2.24) is 5.32 Å². The topological polar surface area (TPSA) is 21.3 Å². The van der Waals surface area contributed by atoms with Crippen molar-refractivity contribution >= 4 is 11.3 Å². The highest BCUT2D eigenvalue weighted by Crippen LogP contribution is 2.20. The minimum Gasteiger partial charge on any atom is -0.378 e. The highest BCUT2D eigenvalue weighted by Gasteiger charge is 2.24. The first kappa shape index (κ1) is 13.1. The number of thiophene rings is 1. The standard InChI is InChI=1S/C14H23NOS/c1-11(2)14-10-12(6-8-16-14)15-7-5-13-4-3-9-17-13/h3-4,9,11-12,14-15H,5-8,10H2,1-2H3. The summed E-state index contributed by atoms with van der Waals surface area (Å²) in [6.07, 6.45) is 3.93. The molecule has 2 nitrogen and oxygen atoms in total. The van der Waals surface area contributed by atoms with Crippen LogP contribution in [-0.2, 0) is 11.2 Å². The molecule has 3 heteroatoms. The maximum atomic E-state index is 5.78. The first-order valence-corrected chi connectivity index (χ1v) is 7.51. The van der Waals surface area contributed by atoms with Crippen molar-refractivity contribution in [3.8, 4) is 0 Å². The van der Waals surface area contributed by atoms with Crippen LogP contribution in [0.5, 0.6) is 0 Å². The molecular formula is C14H23NOS. The monoisotopic (exact) mass is 253 g/mol. The van der Waals surface area contributed by atoms with E-state index in [-0.39, 0.29) is 0 Å². The van der Waals surface area contributed by atoms with E-state index in [4.69, 9.17) is 4.74 Å². The number of ether oxygens (including phenoxy) is 1. The molecule has 96 valence electrons. The molecule has 0 aliphatic carbocycles. The van der Waals surface area contributed by atoms with E-state index in [2.05, 4.69) is 36.7 Å². The minimum atomic E-state index is 0.447. The van der Waals surface area contributed by atoms with Gasteiger partial charge in [0.2, 0.25) is 0 Å². The molecule has 17 heavy (non-hydrogen) atoms. The Labute approximate surface area is 108 Å². The second kappa shape index (κ2) is 6.53. The molecule has 0 amide bonds. The molecule has 0 spiro atoms. The van der Waals surface area contributed by atoms with Crippen LogP contribution in [0.15, 0.2) is 17.5 Å². The summed E-state index contributed by atoms with van der Waals surface area (Å²) in [6.45, 7) is 6.51. The Bertz CT molecular complexity index is 310. The van der Waals surface area contributed by atoms with E-state index >= 15 is 0 Å². The van der Waals surface area contributed by atoms with Gasteiger partial charge in [-0.2, -0.15) is 0 Å². The van der Waals surface area contributed by atoms with Gasteiger partial charge in [-0.3, -0.25) is 0 Å². The van der Waals surface area contributed by atoms with Crippen LogP contribution in [0.4, 0.5) is 0 Å². The van der Waals surface area contributed by atoms with Gasteiger partial charge in [-0.15, -0.1) is 11.3 Å². The molecule has 2 unspecified atom stereocenters. The van der Waals surface area contributed by atoms with E-state index in [9.17, 15) is 0 Å². The second-order valence-corrected chi connectivity index (χ2v) is 6.19. The third-order valence-electron chi connectivity index (χ3n) is 3.44. The molecule has 1 aromatic heterocycles. The van der Waals surface area contributed by atoms with Crippen LogP contribution in [0.2, 0.25) is 0 Å². The highest BCUT2D eigenvalue weighted by molar-refractivity contribution is 7.09. The molecular weight excluding hydrogens is 230 g/mol. The van der Waals surface area contributed by atoms with Gasteiger partial charge in [0.25, 0.3) is 0 Å². The summed E-state index contributed by atoms with van der Waals surface area (Å²) in [5.41, 5.74) is 0. The number of rotatable bonds is 5. The highest BCUT2D eigenvalue weighted by atomic mass is 32.1. The summed E-state index contributed by atoms with van der Waals surface area (Å²) in [5.74, 6) is 0.636. The summed E-state index contributed by atoms with van der Waals surface area (Å²) >= 11 is 1.85. The fourth-order valence-corrected chi connectivity index (χ4v) is 3.04. The molecule has 1 aliphatic heterocycles. The zero-order chi connectivity index (χ0) is 12.1. The summed E-state index contributed by atoms with van der Waals surface area (Å²) < 4.78 is 5.78. The van der Waals surface area contributed by atoms with Gasteiger partial charge in [-0.1, -0.05) is 19.9 Å². The number of hydrogen-bond donors (Lipinski definition) is 1. The van der Waals surface area contributed by atoms with Crippen molar-refractivity contribution in [3.05, 3.63) is 22.4 Å². The molecule has 1 aromatic rings. The number of nitrogens with one attached hydrogen (secondary N) is 1. The Balaban J connectivity index is 1.68. The van der Waals surface area contributed by atoms with Crippen molar-refractivity contribution in [3.63, 3.8) is 0 Å². The molecule has 0 bridgehead atoms. The van der Waals surface area contributed by atoms with Crippen LogP contribution in [0.25, 0.3) is 0 Å². The molecule has 1 aliphatic rings. The van der Waals surface area contributed by atoms with Crippen LogP contribution in [0.1, 0.15) is 31.6 Å². The molecule has 0 saturated carbocycles. The number of hydrogen-bond acceptors (Lipinski definition) is 3. The fraction of sp³-hybridized carbons (Fsp3) is 0.714. The van der Waals surface area contributed by atoms with Crippen LogP contribution in [0.3, 0.4) is 0 Å². The first-order chi connectivity index (χ1) is 8.25. The normalized spacial score (nSPS) is 25.4. The first-order valence-electron chi connectivity index (χ1n) is 6.63. The van der Waals surface area contributed by atoms with Crippen molar-refractivity contribution < 1.29 is 4.74 Å². The molecule has 2 atom stereocenters. The maximum Gasteiger partial charge on any atom is 0.0612 e. The van der Waals surface area contributed by atoms with E-state index in [0.717, 1.165) is 26.0 Å². The minimum absolute atomic E-state index is 0.447. The lowest BCUT2D eigenvalue weighted by Crippen LogP contribution is -2.41. The third-order valence-corrected chi connectivity index (χ3v) is 4.38. The lowest BCUT2D eigenvalue weighted by molar-refractivity contribution is -0.0241. The fourth-order valence-electron chi connectivity index (χ4n) is 2.33. The molecule has 0 aromatic carbocycles. The zero-order valence-corrected chi connectivity index (χ0v) is 11.6. The molecule has 1 saturated heterocycles. The molecule has 2 heterocycles. The molecule has 0 radical (unpaired) electrons. The van der Waals surface area contributed by atoms with Gasteiger partial charge in [-0.05, 0) is 36.6 Å². The van der Waals surface area contributed by atoms with Gasteiger partial charge in [0, 0.05) is 24.1 Å². The Morgan fingerprint density at radius 1 is 1.53 bits per heavy atom. The van der Waals surface area contributed by atoms with Gasteiger partial charge in [0.1, 0.15) is 0 Å². The Morgan fingerprint density at radius 2 is 2.41 bits per heavy atom. The summed E-state index contributed by atoms with van der Waals surface area (Å²) in [4.78, 5) is 1.48. The van der Waals surface area contributed by atoms with Crippen molar-refractivity contribution in [2.24, 2.45) is 5.92 Å². The maximum absolute atomic E-state index is 5.78. The average Bonchev–Trinajstić information content (AvgIpc) is 2.82. The predicted molar refractivity (Wildman–Crippen MR) is 73.6 cm³/mol. The van der Waals surface area contributed by atoms with E-state index < -0.39 is 0 Å².